The number of carboxylic acids is 1. The lowest BCUT2D eigenvalue weighted by molar-refractivity contribution is 0.0118. The Balaban J connectivity index is 3.01. The van der Waals surface area contributed by atoms with Crippen LogP contribution >= 0.6 is 0 Å². The van der Waals surface area contributed by atoms with Crippen LogP contribution in [0.4, 0.5) is 8.78 Å². The van der Waals surface area contributed by atoms with Crippen molar-refractivity contribution in [3.63, 3.8) is 0 Å². The minimum Gasteiger partial charge on any atom is -0.478 e. The number of carboxylic acid groups (broad SMARTS) is 1. The molecule has 0 saturated heterocycles. The molecular weight excluding hydrogens is 260 g/mol. The SMILES string of the molecule is CNCCC(O)C(O)c1cc(F)c(C(=O)O)cc1F. The second-order valence-corrected chi connectivity index (χ2v) is 4.06. The number of benzene rings is 1. The summed E-state index contributed by atoms with van der Waals surface area (Å²) in [6, 6.07) is 1.08. The van der Waals surface area contributed by atoms with E-state index >= 15 is 0 Å². The van der Waals surface area contributed by atoms with Crippen molar-refractivity contribution in [2.45, 2.75) is 18.6 Å². The molecule has 1 aromatic rings. The first-order valence-electron chi connectivity index (χ1n) is 5.61. The number of carbonyl (C=O) groups is 1. The maximum Gasteiger partial charge on any atom is 0.338 e. The lowest BCUT2D eigenvalue weighted by Gasteiger charge is -2.19. The van der Waals surface area contributed by atoms with Crippen LogP contribution in [0, 0.1) is 11.6 Å². The van der Waals surface area contributed by atoms with Crippen molar-refractivity contribution in [2.75, 3.05) is 13.6 Å². The number of hydrogen-bond donors (Lipinski definition) is 4. The third-order valence-corrected chi connectivity index (χ3v) is 2.69. The topological polar surface area (TPSA) is 89.8 Å². The standard InChI is InChI=1S/C12H15F2NO4/c1-15-3-2-10(16)11(17)6-4-9(14)7(12(18)19)5-8(6)13/h4-5,10-11,15-17H,2-3H2,1H3,(H,18,19). The molecule has 0 aliphatic heterocycles. The van der Waals surface area contributed by atoms with Gasteiger partial charge in [0.2, 0.25) is 0 Å². The molecule has 0 heterocycles. The van der Waals surface area contributed by atoms with Crippen molar-refractivity contribution in [1.82, 2.24) is 5.32 Å². The molecule has 0 radical (unpaired) electrons. The second kappa shape index (κ2) is 6.55. The van der Waals surface area contributed by atoms with Gasteiger partial charge < -0.3 is 20.6 Å². The van der Waals surface area contributed by atoms with E-state index in [1.165, 1.54) is 0 Å². The van der Waals surface area contributed by atoms with Crippen molar-refractivity contribution in [2.24, 2.45) is 0 Å². The van der Waals surface area contributed by atoms with Gasteiger partial charge in [-0.3, -0.25) is 0 Å². The molecule has 0 spiro atoms. The van der Waals surface area contributed by atoms with Crippen LogP contribution in [-0.2, 0) is 0 Å². The normalized spacial score (nSPS) is 14.2. The van der Waals surface area contributed by atoms with Crippen LogP contribution in [0.15, 0.2) is 12.1 Å². The highest BCUT2D eigenvalue weighted by atomic mass is 19.1. The van der Waals surface area contributed by atoms with Crippen molar-refractivity contribution in [3.8, 4) is 0 Å². The Morgan fingerprint density at radius 3 is 2.47 bits per heavy atom. The maximum atomic E-state index is 13.6. The fourth-order valence-electron chi connectivity index (χ4n) is 1.61. The molecule has 19 heavy (non-hydrogen) atoms. The fraction of sp³-hybridized carbons (Fsp3) is 0.417. The highest BCUT2D eigenvalue weighted by molar-refractivity contribution is 5.88. The summed E-state index contributed by atoms with van der Waals surface area (Å²) in [5.41, 5.74) is -1.29. The van der Waals surface area contributed by atoms with Crippen LogP contribution in [0.1, 0.15) is 28.4 Å². The number of hydrogen-bond acceptors (Lipinski definition) is 4. The van der Waals surface area contributed by atoms with E-state index in [0.29, 0.717) is 18.7 Å². The first kappa shape index (κ1) is 15.5. The first-order valence-corrected chi connectivity index (χ1v) is 5.61. The van der Waals surface area contributed by atoms with Gasteiger partial charge in [0.15, 0.2) is 0 Å². The molecule has 7 heteroatoms. The van der Waals surface area contributed by atoms with E-state index in [0.717, 1.165) is 0 Å². The largest absolute Gasteiger partial charge is 0.478 e. The maximum absolute atomic E-state index is 13.6. The lowest BCUT2D eigenvalue weighted by atomic mass is 9.99. The van der Waals surface area contributed by atoms with Gasteiger partial charge in [-0.15, -0.1) is 0 Å². The predicted octanol–water partition coefficient (Wildman–Crippen LogP) is 0.667. The predicted molar refractivity (Wildman–Crippen MR) is 62.8 cm³/mol. The van der Waals surface area contributed by atoms with E-state index in [9.17, 15) is 23.8 Å². The number of aliphatic hydroxyl groups is 2. The van der Waals surface area contributed by atoms with Gasteiger partial charge in [0, 0.05) is 5.56 Å². The molecule has 2 atom stereocenters. The van der Waals surface area contributed by atoms with Crippen LogP contribution in [0.5, 0.6) is 0 Å². The lowest BCUT2D eigenvalue weighted by Crippen LogP contribution is -2.24. The molecule has 0 aliphatic rings. The molecule has 1 rings (SSSR count). The van der Waals surface area contributed by atoms with E-state index in [4.69, 9.17) is 5.11 Å². The molecule has 4 N–H and O–H groups in total. The van der Waals surface area contributed by atoms with Gasteiger partial charge in [-0.05, 0) is 32.1 Å². The second-order valence-electron chi connectivity index (χ2n) is 4.06. The molecule has 0 saturated carbocycles. The average Bonchev–Trinajstić information content (AvgIpc) is 2.36. The number of nitrogens with one attached hydrogen (secondary N) is 1. The molecule has 0 amide bonds. The molecule has 0 aromatic heterocycles. The molecule has 5 nitrogen and oxygen atoms in total. The zero-order valence-electron chi connectivity index (χ0n) is 10.2. The van der Waals surface area contributed by atoms with Crippen molar-refractivity contribution >= 4 is 5.97 Å². The Hall–Kier alpha value is -1.57. The molecular formula is C12H15F2NO4. The van der Waals surface area contributed by atoms with Gasteiger partial charge in [0.1, 0.15) is 17.7 Å². The summed E-state index contributed by atoms with van der Waals surface area (Å²) in [5, 5.41) is 30.7. The molecule has 0 bridgehead atoms. The summed E-state index contributed by atoms with van der Waals surface area (Å²) in [7, 11) is 1.64. The van der Waals surface area contributed by atoms with Gasteiger partial charge in [-0.25, -0.2) is 13.6 Å². The Labute approximate surface area is 108 Å². The van der Waals surface area contributed by atoms with Gasteiger partial charge >= 0.3 is 5.97 Å². The van der Waals surface area contributed by atoms with Crippen LogP contribution in [0.25, 0.3) is 0 Å². The highest BCUT2D eigenvalue weighted by Crippen LogP contribution is 2.24. The number of aliphatic hydroxyl groups excluding tert-OH is 2. The van der Waals surface area contributed by atoms with Crippen LogP contribution in [0.3, 0.4) is 0 Å². The van der Waals surface area contributed by atoms with E-state index in [2.05, 4.69) is 5.32 Å². The first-order chi connectivity index (χ1) is 8.88. The smallest absolute Gasteiger partial charge is 0.338 e. The van der Waals surface area contributed by atoms with Crippen molar-refractivity contribution < 1.29 is 28.9 Å². The zero-order chi connectivity index (χ0) is 14.6. The molecule has 106 valence electrons. The minimum atomic E-state index is -1.62. The van der Waals surface area contributed by atoms with Crippen LogP contribution < -0.4 is 5.32 Å². The van der Waals surface area contributed by atoms with Gasteiger partial charge in [0.25, 0.3) is 0 Å². The molecule has 0 fully saturated rings. The molecule has 0 aliphatic carbocycles. The van der Waals surface area contributed by atoms with E-state index in [1.54, 1.807) is 7.05 Å². The third kappa shape index (κ3) is 3.69. The number of halogens is 2. The Bertz CT molecular complexity index is 467. The quantitative estimate of drug-likeness (QED) is 0.612. The van der Waals surface area contributed by atoms with Crippen LogP contribution in [-0.4, -0.2) is 41.0 Å². The summed E-state index contributed by atoms with van der Waals surface area (Å²) >= 11 is 0. The van der Waals surface area contributed by atoms with Gasteiger partial charge in [0.05, 0.1) is 11.7 Å². The van der Waals surface area contributed by atoms with E-state index in [-0.39, 0.29) is 6.42 Å². The summed E-state index contributed by atoms with van der Waals surface area (Å²) < 4.78 is 27.0. The van der Waals surface area contributed by atoms with Gasteiger partial charge in [-0.1, -0.05) is 0 Å². The Kier molecular flexibility index (Phi) is 5.34. The summed E-state index contributed by atoms with van der Waals surface area (Å²) in [6.45, 7) is 0.384. The molecule has 1 aromatic carbocycles. The van der Waals surface area contributed by atoms with E-state index < -0.39 is 40.9 Å². The van der Waals surface area contributed by atoms with Crippen molar-refractivity contribution in [1.29, 1.82) is 0 Å². The Morgan fingerprint density at radius 2 is 1.95 bits per heavy atom. The average molecular weight is 275 g/mol. The summed E-state index contributed by atoms with van der Waals surface area (Å²) in [5.74, 6) is -3.84. The van der Waals surface area contributed by atoms with Crippen LogP contribution in [0.2, 0.25) is 0 Å². The minimum absolute atomic E-state index is 0.138. The number of rotatable bonds is 6. The zero-order valence-corrected chi connectivity index (χ0v) is 10.2. The monoisotopic (exact) mass is 275 g/mol. The summed E-state index contributed by atoms with van der Waals surface area (Å²) in [4.78, 5) is 10.6. The summed E-state index contributed by atoms with van der Waals surface area (Å²) in [6.07, 6.45) is -2.76. The Morgan fingerprint density at radius 1 is 1.32 bits per heavy atom. The van der Waals surface area contributed by atoms with E-state index in [1.807, 2.05) is 0 Å². The third-order valence-electron chi connectivity index (χ3n) is 2.69. The van der Waals surface area contributed by atoms with Gasteiger partial charge in [-0.2, -0.15) is 0 Å². The number of aromatic carboxylic acids is 1. The highest BCUT2D eigenvalue weighted by Gasteiger charge is 2.24. The fourth-order valence-corrected chi connectivity index (χ4v) is 1.61. The van der Waals surface area contributed by atoms with Crippen molar-refractivity contribution in [3.05, 3.63) is 34.9 Å². The molecule has 2 unspecified atom stereocenters.